The predicted octanol–water partition coefficient (Wildman–Crippen LogP) is 4.41. The van der Waals surface area contributed by atoms with E-state index < -0.39 is 11.7 Å². The molecule has 0 aromatic carbocycles. The summed E-state index contributed by atoms with van der Waals surface area (Å²) in [5, 5.41) is 7.98. The van der Waals surface area contributed by atoms with Crippen molar-refractivity contribution in [2.24, 2.45) is 0 Å². The van der Waals surface area contributed by atoms with Gasteiger partial charge in [0.05, 0.1) is 17.6 Å². The van der Waals surface area contributed by atoms with Crippen LogP contribution in [0.25, 0.3) is 11.2 Å². The third-order valence-corrected chi connectivity index (χ3v) is 7.94. The molecule has 12 heteroatoms. The maximum absolute atomic E-state index is 13.2. The number of anilines is 3. The third-order valence-electron chi connectivity index (χ3n) is 7.94. The number of rotatable bonds is 4. The van der Waals surface area contributed by atoms with Gasteiger partial charge in [0.15, 0.2) is 23.2 Å². The maximum atomic E-state index is 13.2. The summed E-state index contributed by atoms with van der Waals surface area (Å²) in [6.45, 7) is 9.66. The van der Waals surface area contributed by atoms with E-state index in [0.717, 1.165) is 49.3 Å². The summed E-state index contributed by atoms with van der Waals surface area (Å²) >= 11 is 0. The highest BCUT2D eigenvalue weighted by Crippen LogP contribution is 2.38. The minimum atomic E-state index is -0.548. The number of amides is 2. The van der Waals surface area contributed by atoms with Crippen LogP contribution in [-0.4, -0.2) is 67.6 Å². The number of aryl methyl sites for hydroxylation is 1. The predicted molar refractivity (Wildman–Crippen MR) is 153 cm³/mol. The lowest BCUT2D eigenvalue weighted by Crippen LogP contribution is -2.54. The molecule has 3 aliphatic heterocycles. The summed E-state index contributed by atoms with van der Waals surface area (Å²) < 4.78 is 13.4. The molecule has 0 radical (unpaired) electrons. The number of alkyl carbamates (subject to hydrolysis) is 1. The first kappa shape index (κ1) is 27.4. The molecule has 1 N–H and O–H groups in total. The van der Waals surface area contributed by atoms with E-state index in [1.807, 2.05) is 39.8 Å². The number of carbonyl (C=O) groups is 2. The van der Waals surface area contributed by atoms with Crippen molar-refractivity contribution in [3.63, 3.8) is 0 Å². The van der Waals surface area contributed by atoms with Crippen LogP contribution in [0.5, 0.6) is 0 Å². The van der Waals surface area contributed by atoms with Crippen molar-refractivity contribution in [1.82, 2.24) is 30.0 Å². The van der Waals surface area contributed by atoms with Gasteiger partial charge in [-0.25, -0.2) is 19.4 Å². The fourth-order valence-electron chi connectivity index (χ4n) is 5.74. The van der Waals surface area contributed by atoms with Crippen LogP contribution < -0.4 is 15.1 Å². The number of fused-ring (bicyclic) bond motifs is 2. The zero-order valence-corrected chi connectivity index (χ0v) is 24.2. The van der Waals surface area contributed by atoms with Crippen LogP contribution in [-0.2, 0) is 20.7 Å². The molecule has 6 heterocycles. The summed E-state index contributed by atoms with van der Waals surface area (Å²) in [4.78, 5) is 43.9. The number of piperidine rings is 1. The number of nitrogens with zero attached hydrogens (tertiary/aromatic N) is 7. The Balaban J connectivity index is 1.30. The molecule has 218 valence electrons. The zero-order valence-electron chi connectivity index (χ0n) is 24.2. The van der Waals surface area contributed by atoms with E-state index in [1.165, 1.54) is 0 Å². The average molecular weight is 563 g/mol. The van der Waals surface area contributed by atoms with E-state index in [4.69, 9.17) is 24.5 Å². The van der Waals surface area contributed by atoms with Gasteiger partial charge in [-0.15, -0.1) is 5.10 Å². The Morgan fingerprint density at radius 1 is 1.17 bits per heavy atom. The molecule has 3 aliphatic rings. The quantitative estimate of drug-likeness (QED) is 0.492. The van der Waals surface area contributed by atoms with Crippen molar-refractivity contribution in [2.75, 3.05) is 29.5 Å². The molecule has 2 saturated heterocycles. The van der Waals surface area contributed by atoms with Gasteiger partial charge in [0.2, 0.25) is 5.91 Å². The molecule has 2 fully saturated rings. The summed E-state index contributed by atoms with van der Waals surface area (Å²) in [5.74, 6) is 1.15. The highest BCUT2D eigenvalue weighted by Gasteiger charge is 2.36. The fraction of sp³-hybridized carbons (Fsp3) is 0.586. The molecule has 6 rings (SSSR count). The molecule has 0 saturated carbocycles. The van der Waals surface area contributed by atoms with Crippen molar-refractivity contribution in [3.8, 4) is 0 Å². The van der Waals surface area contributed by atoms with Crippen LogP contribution >= 0.6 is 0 Å². The van der Waals surface area contributed by atoms with Crippen molar-refractivity contribution >= 4 is 40.5 Å². The number of ether oxygens (including phenoxy) is 2. The highest BCUT2D eigenvalue weighted by atomic mass is 16.6. The summed E-state index contributed by atoms with van der Waals surface area (Å²) in [7, 11) is 0. The van der Waals surface area contributed by atoms with Gasteiger partial charge in [0.25, 0.3) is 0 Å². The molecule has 1 atom stereocenters. The molecule has 41 heavy (non-hydrogen) atoms. The lowest BCUT2D eigenvalue weighted by Gasteiger charge is -2.40. The van der Waals surface area contributed by atoms with E-state index >= 15 is 0 Å². The van der Waals surface area contributed by atoms with E-state index in [2.05, 4.69) is 15.2 Å². The smallest absolute Gasteiger partial charge is 0.408 e. The molecule has 2 amide bonds. The molecule has 0 bridgehead atoms. The van der Waals surface area contributed by atoms with Crippen molar-refractivity contribution < 1.29 is 19.1 Å². The van der Waals surface area contributed by atoms with Gasteiger partial charge in [0, 0.05) is 44.3 Å². The van der Waals surface area contributed by atoms with Crippen LogP contribution in [0.3, 0.4) is 0 Å². The summed E-state index contributed by atoms with van der Waals surface area (Å²) in [6, 6.07) is 3.73. The number of nitrogens with one attached hydrogen (secondary N) is 1. The molecule has 0 spiro atoms. The number of aromatic nitrogens is 5. The third kappa shape index (κ3) is 5.57. The normalized spacial score (nSPS) is 21.1. The second kappa shape index (κ2) is 10.6. The molecular weight excluding hydrogens is 524 g/mol. The van der Waals surface area contributed by atoms with Crippen LogP contribution in [0.4, 0.5) is 22.1 Å². The van der Waals surface area contributed by atoms with E-state index in [-0.39, 0.29) is 17.7 Å². The molecular formula is C29H38N8O4. The van der Waals surface area contributed by atoms with Gasteiger partial charge in [0.1, 0.15) is 11.4 Å². The second-order valence-corrected chi connectivity index (χ2v) is 12.4. The first-order valence-corrected chi connectivity index (χ1v) is 14.5. The Morgan fingerprint density at radius 3 is 2.71 bits per heavy atom. The van der Waals surface area contributed by atoms with Crippen LogP contribution in [0.15, 0.2) is 24.5 Å². The van der Waals surface area contributed by atoms with Gasteiger partial charge in [-0.3, -0.25) is 14.7 Å². The zero-order chi connectivity index (χ0) is 28.8. The van der Waals surface area contributed by atoms with Crippen LogP contribution in [0, 0.1) is 0 Å². The van der Waals surface area contributed by atoms with Gasteiger partial charge >= 0.3 is 6.09 Å². The number of pyridine rings is 1. The molecule has 0 aliphatic carbocycles. The lowest BCUT2D eigenvalue weighted by atomic mass is 9.90. The molecule has 3 aromatic heterocycles. The molecule has 1 unspecified atom stereocenters. The Labute approximate surface area is 239 Å². The first-order valence-electron chi connectivity index (χ1n) is 14.5. The van der Waals surface area contributed by atoms with Crippen LogP contribution in [0.1, 0.15) is 78.1 Å². The monoisotopic (exact) mass is 562 g/mol. The first-order chi connectivity index (χ1) is 19.6. The standard InChI is InChI=1S/C29H38N8O4/c1-28(2,3)41-27(39)33-29(4)12-15-35(16-13-29)21-18-31-24-25(32-21)37(23-9-5-6-17-40-23)34-26(24)36-20-8-7-14-30-19(20)10-11-22(36)38/h7-8,14,18,23H,5-6,9-13,15-17H2,1-4H3,(H,33,39). The van der Waals surface area contributed by atoms with Gasteiger partial charge in [-0.2, -0.15) is 0 Å². The van der Waals surface area contributed by atoms with E-state index in [1.54, 1.807) is 22.0 Å². The van der Waals surface area contributed by atoms with E-state index in [9.17, 15) is 9.59 Å². The van der Waals surface area contributed by atoms with Crippen molar-refractivity contribution in [3.05, 3.63) is 30.2 Å². The fourth-order valence-corrected chi connectivity index (χ4v) is 5.74. The second-order valence-electron chi connectivity index (χ2n) is 12.4. The summed E-state index contributed by atoms with van der Waals surface area (Å²) in [5.41, 5.74) is 1.82. The van der Waals surface area contributed by atoms with Crippen LogP contribution in [0.2, 0.25) is 0 Å². The Bertz CT molecular complexity index is 1450. The van der Waals surface area contributed by atoms with E-state index in [0.29, 0.717) is 49.5 Å². The van der Waals surface area contributed by atoms with Crippen molar-refractivity contribution in [1.29, 1.82) is 0 Å². The lowest BCUT2D eigenvalue weighted by molar-refractivity contribution is -0.118. The Kier molecular flexibility index (Phi) is 7.04. The van der Waals surface area contributed by atoms with Gasteiger partial charge in [-0.05, 0) is 71.9 Å². The minimum Gasteiger partial charge on any atom is -0.444 e. The average Bonchev–Trinajstić information content (AvgIpc) is 3.31. The number of hydrogen-bond acceptors (Lipinski definition) is 9. The highest BCUT2D eigenvalue weighted by molar-refractivity contribution is 6.06. The number of hydrogen-bond donors (Lipinski definition) is 1. The molecule has 12 nitrogen and oxygen atoms in total. The Hall–Kier alpha value is -3.80. The minimum absolute atomic E-state index is 0.0414. The number of carbonyl (C=O) groups excluding carboxylic acids is 2. The largest absolute Gasteiger partial charge is 0.444 e. The maximum Gasteiger partial charge on any atom is 0.408 e. The topological polar surface area (TPSA) is 128 Å². The summed E-state index contributed by atoms with van der Waals surface area (Å²) in [6.07, 6.45) is 8.08. The van der Waals surface area contributed by atoms with Crippen molar-refractivity contribution in [2.45, 2.75) is 90.0 Å². The van der Waals surface area contributed by atoms with Gasteiger partial charge in [-0.1, -0.05) is 0 Å². The SMILES string of the molecule is CC1(NC(=O)OC(C)(C)C)CCN(c2cnc3c(N4C(=O)CCc5ncccc54)nn(C4CCCCO4)c3n2)CC1. The Morgan fingerprint density at radius 2 is 1.98 bits per heavy atom. The molecule has 3 aromatic rings. The van der Waals surface area contributed by atoms with Gasteiger partial charge < -0.3 is 19.7 Å².